The van der Waals surface area contributed by atoms with E-state index in [1.54, 1.807) is 0 Å². The number of hydrogen-bond donors (Lipinski definition) is 1. The van der Waals surface area contributed by atoms with E-state index in [0.29, 0.717) is 0 Å². The second-order valence-electron chi connectivity index (χ2n) is 7.66. The van der Waals surface area contributed by atoms with Crippen LogP contribution >= 0.6 is 0 Å². The Labute approximate surface area is 165 Å². The minimum Gasteiger partial charge on any atom is -0.428 e. The molecule has 0 spiro atoms. The fraction of sp³-hybridized carbons (Fsp3) is 0.154. The van der Waals surface area contributed by atoms with E-state index in [4.69, 9.17) is 0 Å². The zero-order valence-electron chi connectivity index (χ0n) is 16.0. The quantitative estimate of drug-likeness (QED) is 0.419. The van der Waals surface area contributed by atoms with E-state index < -0.39 is 0 Å². The summed E-state index contributed by atoms with van der Waals surface area (Å²) >= 11 is 0. The molecule has 1 unspecified atom stereocenters. The molecular formula is C26H23NO. The maximum Gasteiger partial charge on any atom is 0.0874 e. The number of allylic oxidation sites excluding steroid dienone is 1. The summed E-state index contributed by atoms with van der Waals surface area (Å²) in [6, 6.07) is 25.4. The first-order chi connectivity index (χ1) is 13.7. The Morgan fingerprint density at radius 3 is 2.36 bits per heavy atom. The van der Waals surface area contributed by atoms with Crippen LogP contribution in [0.15, 0.2) is 85.1 Å². The Morgan fingerprint density at radius 1 is 0.893 bits per heavy atom. The predicted molar refractivity (Wildman–Crippen MR) is 115 cm³/mol. The van der Waals surface area contributed by atoms with Crippen molar-refractivity contribution in [2.45, 2.75) is 25.7 Å². The topological polar surface area (TPSA) is 25.2 Å². The molecule has 1 aromatic heterocycles. The van der Waals surface area contributed by atoms with Crippen molar-refractivity contribution in [2.24, 2.45) is 0 Å². The molecule has 0 radical (unpaired) electrons. The van der Waals surface area contributed by atoms with Crippen LogP contribution in [0.5, 0.6) is 0 Å². The number of benzene rings is 3. The molecule has 1 N–H and O–H groups in total. The number of aryl methyl sites for hydroxylation is 2. The van der Waals surface area contributed by atoms with E-state index in [0.717, 1.165) is 18.4 Å². The minimum atomic E-state index is 0.278. The highest BCUT2D eigenvalue weighted by Crippen LogP contribution is 2.44. The molecule has 138 valence electrons. The Morgan fingerprint density at radius 2 is 1.61 bits per heavy atom. The summed E-state index contributed by atoms with van der Waals surface area (Å²) < 4.78 is 1.30. The summed E-state index contributed by atoms with van der Waals surface area (Å²) in [6.45, 7) is 2.16. The highest BCUT2D eigenvalue weighted by Gasteiger charge is 2.27. The van der Waals surface area contributed by atoms with E-state index in [-0.39, 0.29) is 5.92 Å². The van der Waals surface area contributed by atoms with Crippen molar-refractivity contribution in [3.63, 3.8) is 0 Å². The maximum atomic E-state index is 10.5. The van der Waals surface area contributed by atoms with Crippen LogP contribution in [0, 0.1) is 6.92 Å². The minimum absolute atomic E-state index is 0.278. The summed E-state index contributed by atoms with van der Waals surface area (Å²) in [5.41, 5.74) is 8.49. The second-order valence-corrected chi connectivity index (χ2v) is 7.66. The standard InChI is InChI=1S/C26H23NO/c1-18-12-15-24-26-23(17-27(24)28)21(14-13-19-8-4-2-5-9-19)16-22(25(18)26)20-10-6-3-7-11-20/h2-12,15-17,21,28H,13-14H2,1H3. The number of nitrogens with zero attached hydrogens (tertiary/aromatic N) is 1. The lowest BCUT2D eigenvalue weighted by atomic mass is 9.79. The van der Waals surface area contributed by atoms with Crippen molar-refractivity contribution in [1.29, 1.82) is 0 Å². The summed E-state index contributed by atoms with van der Waals surface area (Å²) in [4.78, 5) is 0. The third-order valence-corrected chi connectivity index (χ3v) is 5.90. The van der Waals surface area contributed by atoms with Gasteiger partial charge in [0.15, 0.2) is 0 Å². The van der Waals surface area contributed by atoms with E-state index >= 15 is 0 Å². The van der Waals surface area contributed by atoms with Gasteiger partial charge in [0.2, 0.25) is 0 Å². The summed E-state index contributed by atoms with van der Waals surface area (Å²) in [5, 5.41) is 11.7. The summed E-state index contributed by atoms with van der Waals surface area (Å²) in [7, 11) is 0. The van der Waals surface area contributed by atoms with Crippen LogP contribution in [0.4, 0.5) is 0 Å². The van der Waals surface area contributed by atoms with Gasteiger partial charge in [-0.1, -0.05) is 72.8 Å². The molecule has 2 heteroatoms. The molecule has 1 aliphatic rings. The monoisotopic (exact) mass is 365 g/mol. The van der Waals surface area contributed by atoms with Gasteiger partial charge in [-0.25, -0.2) is 0 Å². The van der Waals surface area contributed by atoms with Crippen molar-refractivity contribution in [3.8, 4) is 0 Å². The smallest absolute Gasteiger partial charge is 0.0874 e. The normalized spacial score (nSPS) is 15.6. The Kier molecular flexibility index (Phi) is 4.05. The third kappa shape index (κ3) is 2.73. The molecular weight excluding hydrogens is 342 g/mol. The summed E-state index contributed by atoms with van der Waals surface area (Å²) in [5.74, 6) is 0.278. The van der Waals surface area contributed by atoms with Crippen LogP contribution in [-0.4, -0.2) is 9.94 Å². The zero-order valence-corrected chi connectivity index (χ0v) is 16.0. The van der Waals surface area contributed by atoms with Crippen LogP contribution in [0.2, 0.25) is 0 Å². The molecule has 0 saturated heterocycles. The van der Waals surface area contributed by atoms with Gasteiger partial charge in [-0.2, -0.15) is 4.73 Å². The van der Waals surface area contributed by atoms with E-state index in [1.165, 1.54) is 43.5 Å². The van der Waals surface area contributed by atoms with Gasteiger partial charge in [-0.15, -0.1) is 0 Å². The second kappa shape index (κ2) is 6.72. The van der Waals surface area contributed by atoms with Crippen molar-refractivity contribution >= 4 is 16.5 Å². The molecule has 0 amide bonds. The molecule has 0 fully saturated rings. The third-order valence-electron chi connectivity index (χ3n) is 5.90. The van der Waals surface area contributed by atoms with Gasteiger partial charge < -0.3 is 5.21 Å². The van der Waals surface area contributed by atoms with E-state index in [9.17, 15) is 5.21 Å². The highest BCUT2D eigenvalue weighted by atomic mass is 16.5. The number of rotatable bonds is 4. The fourth-order valence-electron chi connectivity index (χ4n) is 4.51. The van der Waals surface area contributed by atoms with Gasteiger partial charge in [0.05, 0.1) is 5.52 Å². The molecule has 0 aliphatic heterocycles. The van der Waals surface area contributed by atoms with Crippen LogP contribution in [0.3, 0.4) is 0 Å². The van der Waals surface area contributed by atoms with Gasteiger partial charge in [0, 0.05) is 17.5 Å². The lowest BCUT2D eigenvalue weighted by molar-refractivity contribution is 0.199. The molecule has 4 aromatic rings. The Hall–Kier alpha value is -3.26. The first-order valence-corrected chi connectivity index (χ1v) is 9.88. The lowest BCUT2D eigenvalue weighted by Crippen LogP contribution is -2.06. The molecule has 1 heterocycles. The van der Waals surface area contributed by atoms with Gasteiger partial charge in [-0.3, -0.25) is 0 Å². The van der Waals surface area contributed by atoms with Gasteiger partial charge in [0.1, 0.15) is 0 Å². The molecule has 5 rings (SSSR count). The SMILES string of the molecule is Cc1ccc2c3c(cn2O)C(CCc2ccccc2)C=C(c2ccccc2)c13. The first-order valence-electron chi connectivity index (χ1n) is 9.88. The fourth-order valence-corrected chi connectivity index (χ4v) is 4.51. The molecule has 1 atom stereocenters. The Balaban J connectivity index is 1.66. The molecule has 3 aromatic carbocycles. The van der Waals surface area contributed by atoms with Crippen LogP contribution in [0.25, 0.3) is 16.5 Å². The van der Waals surface area contributed by atoms with Gasteiger partial charge >= 0.3 is 0 Å². The van der Waals surface area contributed by atoms with Crippen LogP contribution < -0.4 is 0 Å². The molecule has 0 saturated carbocycles. The van der Waals surface area contributed by atoms with Crippen molar-refractivity contribution in [2.75, 3.05) is 0 Å². The van der Waals surface area contributed by atoms with Crippen molar-refractivity contribution in [3.05, 3.63) is 113 Å². The Bertz CT molecular complexity index is 1170. The zero-order chi connectivity index (χ0) is 19.1. The largest absolute Gasteiger partial charge is 0.428 e. The van der Waals surface area contributed by atoms with Gasteiger partial charge in [0.25, 0.3) is 0 Å². The highest BCUT2D eigenvalue weighted by molar-refractivity contribution is 6.02. The first kappa shape index (κ1) is 16.9. The average Bonchev–Trinajstić information content (AvgIpc) is 3.08. The summed E-state index contributed by atoms with van der Waals surface area (Å²) in [6.07, 6.45) is 6.35. The van der Waals surface area contributed by atoms with Gasteiger partial charge in [-0.05, 0) is 59.2 Å². The molecule has 1 aliphatic carbocycles. The lowest BCUT2D eigenvalue weighted by Gasteiger charge is -2.24. The van der Waals surface area contributed by atoms with Crippen LogP contribution in [-0.2, 0) is 6.42 Å². The molecule has 0 bridgehead atoms. The number of aromatic nitrogens is 1. The maximum absolute atomic E-state index is 10.5. The predicted octanol–water partition coefficient (Wildman–Crippen LogP) is 6.35. The van der Waals surface area contributed by atoms with E-state index in [2.05, 4.69) is 79.7 Å². The average molecular weight is 365 g/mol. The van der Waals surface area contributed by atoms with Crippen molar-refractivity contribution < 1.29 is 5.21 Å². The van der Waals surface area contributed by atoms with E-state index in [1.807, 2.05) is 12.3 Å². The van der Waals surface area contributed by atoms with Crippen molar-refractivity contribution in [1.82, 2.24) is 4.73 Å². The molecule has 2 nitrogen and oxygen atoms in total. The number of hydrogen-bond acceptors (Lipinski definition) is 1. The molecule has 28 heavy (non-hydrogen) atoms. The van der Waals surface area contributed by atoms with Crippen LogP contribution in [0.1, 0.15) is 40.2 Å².